The first-order valence-electron chi connectivity index (χ1n) is 7.44. The zero-order chi connectivity index (χ0) is 18.0. The number of carboxylic acids is 1. The summed E-state index contributed by atoms with van der Waals surface area (Å²) in [4.78, 5) is 23.5. The summed E-state index contributed by atoms with van der Waals surface area (Å²) >= 11 is 0. The van der Waals surface area contributed by atoms with E-state index in [9.17, 15) is 23.5 Å². The predicted molar refractivity (Wildman–Crippen MR) is 90.6 cm³/mol. The zero-order valence-corrected chi connectivity index (χ0v) is 12.9. The van der Waals surface area contributed by atoms with Crippen LogP contribution in [0.15, 0.2) is 59.5 Å². The molecule has 3 aromatic rings. The van der Waals surface area contributed by atoms with Crippen LogP contribution in [-0.4, -0.2) is 15.6 Å². The predicted octanol–water partition coefficient (Wildman–Crippen LogP) is 3.69. The van der Waals surface area contributed by atoms with Gasteiger partial charge in [-0.25, -0.2) is 13.6 Å². The Kier molecular flexibility index (Phi) is 4.43. The Morgan fingerprint density at radius 2 is 1.92 bits per heavy atom. The smallest absolute Gasteiger partial charge is 0.341 e. The van der Waals surface area contributed by atoms with Crippen LogP contribution in [0.3, 0.4) is 0 Å². The molecule has 126 valence electrons. The Morgan fingerprint density at radius 3 is 2.64 bits per heavy atom. The van der Waals surface area contributed by atoms with E-state index in [0.717, 1.165) is 6.20 Å². The van der Waals surface area contributed by atoms with Gasteiger partial charge in [-0.05, 0) is 29.8 Å². The second kappa shape index (κ2) is 6.68. The maximum Gasteiger partial charge on any atom is 0.341 e. The third-order valence-electron chi connectivity index (χ3n) is 3.74. The minimum atomic E-state index is -1.38. The van der Waals surface area contributed by atoms with Gasteiger partial charge in [-0.1, -0.05) is 30.4 Å². The lowest BCUT2D eigenvalue weighted by atomic mass is 10.1. The number of halogens is 2. The molecule has 6 heteroatoms. The van der Waals surface area contributed by atoms with E-state index in [4.69, 9.17) is 0 Å². The molecule has 0 bridgehead atoms. The fourth-order valence-electron chi connectivity index (χ4n) is 2.62. The highest BCUT2D eigenvalue weighted by Crippen LogP contribution is 2.16. The monoisotopic (exact) mass is 341 g/mol. The molecule has 0 atom stereocenters. The first kappa shape index (κ1) is 16.6. The largest absolute Gasteiger partial charge is 0.477 e. The summed E-state index contributed by atoms with van der Waals surface area (Å²) in [5, 5.41) is 9.19. The van der Waals surface area contributed by atoms with Gasteiger partial charge in [0.15, 0.2) is 0 Å². The molecule has 0 fully saturated rings. The molecule has 0 saturated heterocycles. The van der Waals surface area contributed by atoms with Crippen molar-refractivity contribution in [3.8, 4) is 0 Å². The number of fused-ring (bicyclic) bond motifs is 1. The van der Waals surface area contributed by atoms with Gasteiger partial charge in [0.2, 0.25) is 5.43 Å². The lowest BCUT2D eigenvalue weighted by molar-refractivity contribution is 0.0695. The van der Waals surface area contributed by atoms with E-state index in [2.05, 4.69) is 0 Å². The van der Waals surface area contributed by atoms with Gasteiger partial charge in [-0.3, -0.25) is 4.79 Å². The zero-order valence-electron chi connectivity index (χ0n) is 12.9. The minimum absolute atomic E-state index is 0.000874. The molecular weight excluding hydrogens is 328 g/mol. The molecule has 1 N–H and O–H groups in total. The van der Waals surface area contributed by atoms with E-state index >= 15 is 0 Å². The van der Waals surface area contributed by atoms with Crippen LogP contribution >= 0.6 is 0 Å². The lowest BCUT2D eigenvalue weighted by Gasteiger charge is -2.11. The number of rotatable bonds is 4. The van der Waals surface area contributed by atoms with Crippen molar-refractivity contribution in [1.82, 2.24) is 4.57 Å². The maximum atomic E-state index is 14.2. The van der Waals surface area contributed by atoms with Gasteiger partial charge in [0.05, 0.1) is 5.52 Å². The first-order chi connectivity index (χ1) is 12.0. The number of carboxylic acid groups (broad SMARTS) is 1. The van der Waals surface area contributed by atoms with Crippen molar-refractivity contribution in [3.05, 3.63) is 87.7 Å². The molecule has 0 radical (unpaired) electrons. The quantitative estimate of drug-likeness (QED) is 0.787. The second-order valence-electron chi connectivity index (χ2n) is 5.42. The third kappa shape index (κ3) is 3.33. The molecule has 0 unspecified atom stereocenters. The number of aromatic carboxylic acids is 1. The average Bonchev–Trinajstić information content (AvgIpc) is 2.57. The van der Waals surface area contributed by atoms with Gasteiger partial charge in [0.1, 0.15) is 17.2 Å². The van der Waals surface area contributed by atoms with Crippen LogP contribution < -0.4 is 5.43 Å². The van der Waals surface area contributed by atoms with Gasteiger partial charge in [0, 0.05) is 18.1 Å². The van der Waals surface area contributed by atoms with Gasteiger partial charge in [-0.2, -0.15) is 0 Å². The second-order valence-corrected chi connectivity index (χ2v) is 5.42. The van der Waals surface area contributed by atoms with E-state index in [-0.39, 0.29) is 23.3 Å². The molecule has 3 rings (SSSR count). The summed E-state index contributed by atoms with van der Waals surface area (Å²) in [6.07, 6.45) is 4.39. The topological polar surface area (TPSA) is 59.3 Å². The molecule has 0 aliphatic heterocycles. The van der Waals surface area contributed by atoms with Crippen molar-refractivity contribution in [2.75, 3.05) is 0 Å². The molecule has 1 aromatic heterocycles. The van der Waals surface area contributed by atoms with Crippen LogP contribution in [0.5, 0.6) is 0 Å². The Hall–Kier alpha value is -3.28. The highest BCUT2D eigenvalue weighted by atomic mass is 19.1. The molecule has 0 aliphatic carbocycles. The van der Waals surface area contributed by atoms with Crippen LogP contribution in [-0.2, 0) is 6.54 Å². The number of allylic oxidation sites excluding steroid dienone is 1. The molecule has 0 saturated carbocycles. The summed E-state index contributed by atoms with van der Waals surface area (Å²) in [6, 6.07) is 9.87. The van der Waals surface area contributed by atoms with E-state index in [1.807, 2.05) is 0 Å². The molecule has 4 nitrogen and oxygen atoms in total. The van der Waals surface area contributed by atoms with Crippen molar-refractivity contribution in [3.63, 3.8) is 0 Å². The fraction of sp³-hybridized carbons (Fsp3) is 0.0526. The number of hydrogen-bond donors (Lipinski definition) is 1. The van der Waals surface area contributed by atoms with Crippen molar-refractivity contribution in [2.45, 2.75) is 6.54 Å². The maximum absolute atomic E-state index is 14.2. The summed E-state index contributed by atoms with van der Waals surface area (Å²) < 4.78 is 28.7. The van der Waals surface area contributed by atoms with Crippen LogP contribution in [0.4, 0.5) is 8.78 Å². The van der Waals surface area contributed by atoms with E-state index in [1.165, 1.54) is 34.9 Å². The fourth-order valence-corrected chi connectivity index (χ4v) is 2.62. The average molecular weight is 341 g/mol. The molecule has 0 spiro atoms. The first-order valence-corrected chi connectivity index (χ1v) is 7.44. The van der Waals surface area contributed by atoms with Gasteiger partial charge < -0.3 is 9.67 Å². The standard InChI is InChI=1S/C19H13F2NO3/c20-13-6-1-4-12(10-13)5-3-9-22-11-15(19(24)25)18(23)14-7-2-8-16(21)17(14)22/h1-8,10-11H,9H2,(H,24,25)/b5-3+. The van der Waals surface area contributed by atoms with Gasteiger partial charge in [0.25, 0.3) is 0 Å². The summed E-state index contributed by atoms with van der Waals surface area (Å²) in [5.41, 5.74) is -0.518. The number of para-hydroxylation sites is 1. The number of pyridine rings is 1. The van der Waals surface area contributed by atoms with Crippen LogP contribution in [0.25, 0.3) is 17.0 Å². The number of carbonyl (C=O) groups is 1. The van der Waals surface area contributed by atoms with Crippen molar-refractivity contribution >= 4 is 22.9 Å². The molecular formula is C19H13F2NO3. The van der Waals surface area contributed by atoms with Gasteiger partial charge in [-0.15, -0.1) is 0 Å². The van der Waals surface area contributed by atoms with Crippen molar-refractivity contribution in [2.24, 2.45) is 0 Å². The van der Waals surface area contributed by atoms with Crippen LogP contribution in [0, 0.1) is 11.6 Å². The summed E-state index contributed by atoms with van der Waals surface area (Å²) in [5.74, 6) is -2.38. The highest BCUT2D eigenvalue weighted by Gasteiger charge is 2.16. The minimum Gasteiger partial charge on any atom is -0.477 e. The number of hydrogen-bond acceptors (Lipinski definition) is 2. The van der Waals surface area contributed by atoms with Crippen molar-refractivity contribution in [1.29, 1.82) is 0 Å². The third-order valence-corrected chi connectivity index (χ3v) is 3.74. The SMILES string of the molecule is O=C(O)c1cn(C/C=C/c2cccc(F)c2)c2c(F)cccc2c1=O. The van der Waals surface area contributed by atoms with E-state index in [1.54, 1.807) is 24.3 Å². The van der Waals surface area contributed by atoms with Crippen LogP contribution in [0.1, 0.15) is 15.9 Å². The number of aromatic nitrogens is 1. The molecule has 0 aliphatic rings. The van der Waals surface area contributed by atoms with Gasteiger partial charge >= 0.3 is 5.97 Å². The normalized spacial score (nSPS) is 11.3. The highest BCUT2D eigenvalue weighted by molar-refractivity contribution is 5.92. The van der Waals surface area contributed by atoms with Crippen molar-refractivity contribution < 1.29 is 18.7 Å². The van der Waals surface area contributed by atoms with E-state index in [0.29, 0.717) is 5.56 Å². The number of nitrogens with zero attached hydrogens (tertiary/aromatic N) is 1. The number of benzene rings is 2. The summed E-state index contributed by atoms with van der Waals surface area (Å²) in [6.45, 7) is 0.120. The molecule has 2 aromatic carbocycles. The Labute approximate surface area is 141 Å². The van der Waals surface area contributed by atoms with E-state index < -0.39 is 22.8 Å². The molecule has 0 amide bonds. The Morgan fingerprint density at radius 1 is 1.16 bits per heavy atom. The summed E-state index contributed by atoms with van der Waals surface area (Å²) in [7, 11) is 0. The molecule has 1 heterocycles. The lowest BCUT2D eigenvalue weighted by Crippen LogP contribution is -2.19. The molecule has 25 heavy (non-hydrogen) atoms. The Bertz CT molecular complexity index is 1050. The Balaban J connectivity index is 2.07. The van der Waals surface area contributed by atoms with Crippen LogP contribution in [0.2, 0.25) is 0 Å².